The summed E-state index contributed by atoms with van der Waals surface area (Å²) in [6, 6.07) is 9.89. The maximum atomic E-state index is 12.4. The lowest BCUT2D eigenvalue weighted by Gasteiger charge is -2.11. The first-order chi connectivity index (χ1) is 13.9. The maximum Gasteiger partial charge on any atom is 0.274 e. The molecule has 4 rings (SSSR count). The number of nitrogens with one attached hydrogen (secondary N) is 2. The van der Waals surface area contributed by atoms with E-state index < -0.39 is 4.92 Å². The Bertz CT molecular complexity index is 1300. The Morgan fingerprint density at radius 3 is 2.66 bits per heavy atom. The van der Waals surface area contributed by atoms with Gasteiger partial charge in [-0.15, -0.1) is 0 Å². The van der Waals surface area contributed by atoms with Crippen molar-refractivity contribution in [2.24, 2.45) is 0 Å². The van der Waals surface area contributed by atoms with Gasteiger partial charge in [-0.05, 0) is 37.6 Å². The molecule has 0 bridgehead atoms. The fraction of sp³-hybridized carbons (Fsp3) is 0.100. The molecule has 0 saturated heterocycles. The molecule has 0 unspecified atom stereocenters. The van der Waals surface area contributed by atoms with Gasteiger partial charge in [-0.1, -0.05) is 6.07 Å². The largest absolute Gasteiger partial charge is 0.327 e. The van der Waals surface area contributed by atoms with Crippen molar-refractivity contribution in [2.75, 3.05) is 5.32 Å². The van der Waals surface area contributed by atoms with E-state index in [1.165, 1.54) is 18.3 Å². The first kappa shape index (κ1) is 18.2. The van der Waals surface area contributed by atoms with E-state index in [9.17, 15) is 14.9 Å². The highest BCUT2D eigenvalue weighted by atomic mass is 16.6. The van der Waals surface area contributed by atoms with Crippen LogP contribution in [0.3, 0.4) is 0 Å². The van der Waals surface area contributed by atoms with Gasteiger partial charge in [-0.3, -0.25) is 19.9 Å². The molecule has 0 radical (unpaired) electrons. The van der Waals surface area contributed by atoms with Crippen LogP contribution in [0.5, 0.6) is 0 Å². The minimum Gasteiger partial charge on any atom is -0.327 e. The fourth-order valence-electron chi connectivity index (χ4n) is 2.98. The minimum atomic E-state index is -0.462. The van der Waals surface area contributed by atoms with E-state index in [1.54, 1.807) is 18.3 Å². The van der Waals surface area contributed by atoms with Gasteiger partial charge in [-0.25, -0.2) is 9.97 Å². The lowest BCUT2D eigenvalue weighted by atomic mass is 10.0. The molecule has 0 aliphatic carbocycles. The first-order valence-corrected chi connectivity index (χ1v) is 8.77. The van der Waals surface area contributed by atoms with Crippen molar-refractivity contribution in [2.45, 2.75) is 13.8 Å². The number of fused-ring (bicyclic) bond motifs is 1. The van der Waals surface area contributed by atoms with Crippen LogP contribution in [0.2, 0.25) is 0 Å². The van der Waals surface area contributed by atoms with E-state index in [2.05, 4.69) is 25.3 Å². The molecule has 144 valence electrons. The summed E-state index contributed by atoms with van der Waals surface area (Å²) in [5, 5.41) is 14.8. The van der Waals surface area contributed by atoms with E-state index in [1.807, 2.05) is 26.0 Å². The molecule has 0 aliphatic heterocycles. The Morgan fingerprint density at radius 2 is 1.93 bits per heavy atom. The number of nitrogens with zero attached hydrogens (tertiary/aromatic N) is 4. The number of pyridine rings is 2. The van der Waals surface area contributed by atoms with Crippen LogP contribution in [0.15, 0.2) is 53.6 Å². The van der Waals surface area contributed by atoms with Crippen LogP contribution < -0.4 is 10.9 Å². The van der Waals surface area contributed by atoms with Crippen molar-refractivity contribution in [1.82, 2.24) is 19.9 Å². The molecule has 0 atom stereocenters. The monoisotopic (exact) mass is 388 g/mol. The Morgan fingerprint density at radius 1 is 1.10 bits per heavy atom. The number of rotatable bonds is 4. The predicted molar refractivity (Wildman–Crippen MR) is 109 cm³/mol. The van der Waals surface area contributed by atoms with Gasteiger partial charge in [0.1, 0.15) is 5.52 Å². The highest BCUT2D eigenvalue weighted by Crippen LogP contribution is 2.31. The second-order valence-electron chi connectivity index (χ2n) is 6.53. The van der Waals surface area contributed by atoms with Gasteiger partial charge in [0.05, 0.1) is 22.5 Å². The third kappa shape index (κ3) is 3.53. The summed E-state index contributed by atoms with van der Waals surface area (Å²) in [5.41, 5.74) is 3.05. The molecular weight excluding hydrogens is 372 g/mol. The fourth-order valence-corrected chi connectivity index (χ4v) is 2.98. The quantitative estimate of drug-likeness (QED) is 0.403. The van der Waals surface area contributed by atoms with Crippen molar-refractivity contribution >= 4 is 28.2 Å². The van der Waals surface area contributed by atoms with Gasteiger partial charge in [0.2, 0.25) is 5.95 Å². The van der Waals surface area contributed by atoms with Crippen molar-refractivity contribution in [3.8, 4) is 11.3 Å². The zero-order chi connectivity index (χ0) is 20.5. The predicted octanol–water partition coefficient (Wildman–Crippen LogP) is 3.65. The summed E-state index contributed by atoms with van der Waals surface area (Å²) in [6.45, 7) is 3.70. The molecule has 3 heterocycles. The minimum absolute atomic E-state index is 0.0561. The lowest BCUT2D eigenvalue weighted by Crippen LogP contribution is -2.10. The van der Waals surface area contributed by atoms with Crippen LogP contribution in [0.4, 0.5) is 17.3 Å². The molecule has 2 N–H and O–H groups in total. The molecule has 29 heavy (non-hydrogen) atoms. The second-order valence-corrected chi connectivity index (χ2v) is 6.53. The van der Waals surface area contributed by atoms with E-state index in [0.717, 1.165) is 11.3 Å². The number of H-pyrrole nitrogens is 1. The van der Waals surface area contributed by atoms with Gasteiger partial charge in [0.15, 0.2) is 0 Å². The molecule has 9 nitrogen and oxygen atoms in total. The standard InChI is InChI=1S/C20H16N6O3/c1-11-3-6-14(26(28)29)9-16(11)17-15-7-8-21-19(27)18(15)25-20(24-17)23-13-5-4-12(2)22-10-13/h3-10H,1-2H3,(H,21,27)(H,23,24,25). The number of aryl methyl sites for hydroxylation is 2. The van der Waals surface area contributed by atoms with Gasteiger partial charge in [0, 0.05) is 35.0 Å². The van der Waals surface area contributed by atoms with Gasteiger partial charge < -0.3 is 10.3 Å². The van der Waals surface area contributed by atoms with Crippen molar-refractivity contribution in [3.05, 3.63) is 80.5 Å². The SMILES string of the molecule is Cc1ccc(Nc2nc(-c3cc([N+](=O)[O-])ccc3C)c3cc[nH]c(=O)c3n2)cn1. The number of aromatic amines is 1. The summed E-state index contributed by atoms with van der Waals surface area (Å²) in [5.74, 6) is 0.195. The summed E-state index contributed by atoms with van der Waals surface area (Å²) in [6.07, 6.45) is 3.14. The summed E-state index contributed by atoms with van der Waals surface area (Å²) < 4.78 is 0. The molecule has 1 aromatic carbocycles. The van der Waals surface area contributed by atoms with Crippen LogP contribution in [0, 0.1) is 24.0 Å². The van der Waals surface area contributed by atoms with E-state index in [4.69, 9.17) is 0 Å². The van der Waals surface area contributed by atoms with Crippen molar-refractivity contribution in [1.29, 1.82) is 0 Å². The zero-order valence-electron chi connectivity index (χ0n) is 15.6. The molecule has 0 aliphatic rings. The molecule has 4 aromatic rings. The van der Waals surface area contributed by atoms with E-state index in [0.29, 0.717) is 22.3 Å². The third-order valence-electron chi connectivity index (χ3n) is 4.48. The molecule has 0 fully saturated rings. The van der Waals surface area contributed by atoms with E-state index in [-0.39, 0.29) is 22.7 Å². The summed E-state index contributed by atoms with van der Waals surface area (Å²) in [4.78, 5) is 38.9. The average Bonchev–Trinajstić information content (AvgIpc) is 2.70. The zero-order valence-corrected chi connectivity index (χ0v) is 15.6. The summed E-state index contributed by atoms with van der Waals surface area (Å²) >= 11 is 0. The Hall–Kier alpha value is -4.14. The molecule has 0 saturated carbocycles. The first-order valence-electron chi connectivity index (χ1n) is 8.77. The molecule has 9 heteroatoms. The smallest absolute Gasteiger partial charge is 0.274 e. The van der Waals surface area contributed by atoms with Crippen LogP contribution in [0.1, 0.15) is 11.3 Å². The number of nitro benzene ring substituents is 1. The number of benzene rings is 1. The average molecular weight is 388 g/mol. The summed E-state index contributed by atoms with van der Waals surface area (Å²) in [7, 11) is 0. The normalized spacial score (nSPS) is 10.8. The number of nitro groups is 1. The number of aromatic nitrogens is 4. The number of hydrogen-bond acceptors (Lipinski definition) is 7. The topological polar surface area (TPSA) is 127 Å². The highest BCUT2D eigenvalue weighted by molar-refractivity contribution is 5.93. The van der Waals surface area contributed by atoms with Crippen LogP contribution in [-0.4, -0.2) is 24.9 Å². The third-order valence-corrected chi connectivity index (χ3v) is 4.48. The number of hydrogen-bond donors (Lipinski definition) is 2. The molecular formula is C20H16N6O3. The van der Waals surface area contributed by atoms with Crippen LogP contribution in [0.25, 0.3) is 22.2 Å². The maximum absolute atomic E-state index is 12.4. The van der Waals surface area contributed by atoms with Crippen molar-refractivity contribution in [3.63, 3.8) is 0 Å². The number of non-ortho nitro benzene ring substituents is 1. The molecule has 0 amide bonds. The van der Waals surface area contributed by atoms with Gasteiger partial charge >= 0.3 is 0 Å². The van der Waals surface area contributed by atoms with Crippen molar-refractivity contribution < 1.29 is 4.92 Å². The second kappa shape index (κ2) is 7.12. The Kier molecular flexibility index (Phi) is 4.47. The molecule has 0 spiro atoms. The van der Waals surface area contributed by atoms with Crippen LogP contribution in [-0.2, 0) is 0 Å². The Balaban J connectivity index is 1.94. The van der Waals surface area contributed by atoms with Gasteiger partial charge in [0.25, 0.3) is 11.2 Å². The Labute approximate surface area is 164 Å². The van der Waals surface area contributed by atoms with Gasteiger partial charge in [-0.2, -0.15) is 0 Å². The number of anilines is 2. The molecule has 3 aromatic heterocycles. The van der Waals surface area contributed by atoms with Crippen LogP contribution >= 0.6 is 0 Å². The van der Waals surface area contributed by atoms with E-state index >= 15 is 0 Å². The lowest BCUT2D eigenvalue weighted by molar-refractivity contribution is -0.384. The highest BCUT2D eigenvalue weighted by Gasteiger charge is 2.17.